The van der Waals surface area contributed by atoms with Crippen LogP contribution in [0.2, 0.25) is 0 Å². The summed E-state index contributed by atoms with van der Waals surface area (Å²) in [6.45, 7) is 1.53. The van der Waals surface area contributed by atoms with Crippen molar-refractivity contribution in [3.05, 3.63) is 29.6 Å². The first-order valence-corrected chi connectivity index (χ1v) is 5.41. The number of nitrogens with zero attached hydrogens (tertiary/aromatic N) is 2. The Hall–Kier alpha value is -1.60. The molecule has 1 atom stereocenters. The maximum absolute atomic E-state index is 13.4. The van der Waals surface area contributed by atoms with E-state index in [-0.39, 0.29) is 11.6 Å². The molecule has 2 rings (SSSR count). The molecule has 4 heteroatoms. The molecular weight excluding hydrogens is 205 g/mol. The number of hydrogen-bond donors (Lipinski definition) is 1. The highest BCUT2D eigenvalue weighted by molar-refractivity contribution is 5.60. The Morgan fingerprint density at radius 1 is 1.50 bits per heavy atom. The van der Waals surface area contributed by atoms with E-state index in [9.17, 15) is 4.39 Å². The molecule has 1 aromatic rings. The molecule has 0 aliphatic carbocycles. The third-order valence-corrected chi connectivity index (χ3v) is 2.90. The molecule has 1 fully saturated rings. The van der Waals surface area contributed by atoms with Crippen molar-refractivity contribution in [1.82, 2.24) is 0 Å². The monoisotopic (exact) mass is 219 g/mol. The molecule has 1 aliphatic rings. The smallest absolute Gasteiger partial charge is 0.143 e. The van der Waals surface area contributed by atoms with Crippen molar-refractivity contribution in [2.75, 3.05) is 18.0 Å². The Kier molecular flexibility index (Phi) is 3.07. The Labute approximate surface area is 94.3 Å². The van der Waals surface area contributed by atoms with E-state index in [4.69, 9.17) is 11.0 Å². The lowest BCUT2D eigenvalue weighted by molar-refractivity contribution is 0.504. The molecule has 0 saturated carbocycles. The summed E-state index contributed by atoms with van der Waals surface area (Å²) >= 11 is 0. The molecule has 0 spiro atoms. The SMILES string of the molecule is N#Cc1c(F)cccc1N1CCC[C@H](N)C1. The van der Waals surface area contributed by atoms with Crippen molar-refractivity contribution in [3.63, 3.8) is 0 Å². The van der Waals surface area contributed by atoms with E-state index in [1.165, 1.54) is 6.07 Å². The van der Waals surface area contributed by atoms with E-state index in [0.29, 0.717) is 12.2 Å². The second-order valence-corrected chi connectivity index (χ2v) is 4.09. The third-order valence-electron chi connectivity index (χ3n) is 2.90. The highest BCUT2D eigenvalue weighted by Crippen LogP contribution is 2.25. The summed E-state index contributed by atoms with van der Waals surface area (Å²) in [4.78, 5) is 2.00. The highest BCUT2D eigenvalue weighted by Gasteiger charge is 2.20. The summed E-state index contributed by atoms with van der Waals surface area (Å²) in [5.74, 6) is -0.459. The van der Waals surface area contributed by atoms with Gasteiger partial charge in [0.1, 0.15) is 17.4 Å². The van der Waals surface area contributed by atoms with E-state index < -0.39 is 5.82 Å². The van der Waals surface area contributed by atoms with Gasteiger partial charge in [-0.25, -0.2) is 4.39 Å². The van der Waals surface area contributed by atoms with Crippen molar-refractivity contribution >= 4 is 5.69 Å². The summed E-state index contributed by atoms with van der Waals surface area (Å²) in [7, 11) is 0. The summed E-state index contributed by atoms with van der Waals surface area (Å²) < 4.78 is 13.4. The normalized spacial score (nSPS) is 20.6. The lowest BCUT2D eigenvalue weighted by Gasteiger charge is -2.33. The predicted octanol–water partition coefficient (Wildman–Crippen LogP) is 1.62. The molecule has 0 unspecified atom stereocenters. The van der Waals surface area contributed by atoms with Crippen LogP contribution in [0.15, 0.2) is 18.2 Å². The van der Waals surface area contributed by atoms with Crippen LogP contribution in [-0.2, 0) is 0 Å². The first kappa shape index (κ1) is 10.9. The number of hydrogen-bond acceptors (Lipinski definition) is 3. The second-order valence-electron chi connectivity index (χ2n) is 4.09. The number of nitriles is 1. The first-order valence-electron chi connectivity index (χ1n) is 5.41. The van der Waals surface area contributed by atoms with Crippen molar-refractivity contribution in [2.24, 2.45) is 5.73 Å². The fourth-order valence-corrected chi connectivity index (χ4v) is 2.12. The Morgan fingerprint density at radius 3 is 3.00 bits per heavy atom. The van der Waals surface area contributed by atoms with Gasteiger partial charge in [0.25, 0.3) is 0 Å². The molecule has 3 nitrogen and oxygen atoms in total. The van der Waals surface area contributed by atoms with E-state index in [2.05, 4.69) is 0 Å². The van der Waals surface area contributed by atoms with Gasteiger partial charge in [0.15, 0.2) is 0 Å². The summed E-state index contributed by atoms with van der Waals surface area (Å²) in [6.07, 6.45) is 1.98. The lowest BCUT2D eigenvalue weighted by atomic mass is 10.0. The van der Waals surface area contributed by atoms with Crippen LogP contribution in [0.25, 0.3) is 0 Å². The zero-order valence-electron chi connectivity index (χ0n) is 8.99. The van der Waals surface area contributed by atoms with Crippen LogP contribution in [-0.4, -0.2) is 19.1 Å². The molecule has 1 heterocycles. The Morgan fingerprint density at radius 2 is 2.31 bits per heavy atom. The average Bonchev–Trinajstić information content (AvgIpc) is 2.28. The Bertz CT molecular complexity index is 425. The molecule has 0 bridgehead atoms. The number of piperidine rings is 1. The van der Waals surface area contributed by atoms with Gasteiger partial charge in [-0.2, -0.15) is 5.26 Å². The zero-order valence-corrected chi connectivity index (χ0v) is 8.99. The van der Waals surface area contributed by atoms with Gasteiger partial charge in [0.05, 0.1) is 5.69 Å². The molecule has 1 aromatic carbocycles. The maximum atomic E-state index is 13.4. The number of nitrogens with two attached hydrogens (primary N) is 1. The molecule has 1 saturated heterocycles. The molecule has 0 aromatic heterocycles. The summed E-state index contributed by atoms with van der Waals surface area (Å²) in [5, 5.41) is 8.95. The van der Waals surface area contributed by atoms with Crippen LogP contribution in [0.4, 0.5) is 10.1 Å². The minimum absolute atomic E-state index is 0.114. The van der Waals surface area contributed by atoms with Crippen molar-refractivity contribution < 1.29 is 4.39 Å². The van der Waals surface area contributed by atoms with Gasteiger partial charge in [-0.05, 0) is 25.0 Å². The van der Waals surface area contributed by atoms with Crippen LogP contribution in [0.3, 0.4) is 0 Å². The number of halogens is 1. The van der Waals surface area contributed by atoms with Crippen LogP contribution in [0.5, 0.6) is 0 Å². The molecule has 84 valence electrons. The number of anilines is 1. The van der Waals surface area contributed by atoms with E-state index >= 15 is 0 Å². The second kappa shape index (κ2) is 4.50. The van der Waals surface area contributed by atoms with Gasteiger partial charge in [-0.15, -0.1) is 0 Å². The molecule has 0 radical (unpaired) electrons. The molecule has 1 aliphatic heterocycles. The largest absolute Gasteiger partial charge is 0.369 e. The Balaban J connectivity index is 2.33. The number of benzene rings is 1. The van der Waals surface area contributed by atoms with Gasteiger partial charge in [-0.3, -0.25) is 0 Å². The fourth-order valence-electron chi connectivity index (χ4n) is 2.12. The van der Waals surface area contributed by atoms with Crippen LogP contribution in [0, 0.1) is 17.1 Å². The van der Waals surface area contributed by atoms with E-state index in [0.717, 1.165) is 19.4 Å². The quantitative estimate of drug-likeness (QED) is 0.781. The first-order chi connectivity index (χ1) is 7.72. The van der Waals surface area contributed by atoms with Crippen molar-refractivity contribution in [2.45, 2.75) is 18.9 Å². The van der Waals surface area contributed by atoms with Gasteiger partial charge in [0, 0.05) is 19.1 Å². The molecule has 0 amide bonds. The number of rotatable bonds is 1. The summed E-state index contributed by atoms with van der Waals surface area (Å²) in [6, 6.07) is 6.75. The standard InChI is InChI=1S/C12H14FN3/c13-11-4-1-5-12(10(11)7-14)16-6-2-3-9(15)8-16/h1,4-5,9H,2-3,6,8,15H2/t9-/m0/s1. The van der Waals surface area contributed by atoms with Crippen molar-refractivity contribution in [3.8, 4) is 6.07 Å². The van der Waals surface area contributed by atoms with Crippen LogP contribution < -0.4 is 10.6 Å². The van der Waals surface area contributed by atoms with Crippen molar-refractivity contribution in [1.29, 1.82) is 5.26 Å². The lowest BCUT2D eigenvalue weighted by Crippen LogP contribution is -2.43. The van der Waals surface area contributed by atoms with E-state index in [1.54, 1.807) is 12.1 Å². The summed E-state index contributed by atoms with van der Waals surface area (Å²) in [5.41, 5.74) is 6.66. The van der Waals surface area contributed by atoms with Gasteiger partial charge in [0.2, 0.25) is 0 Å². The minimum Gasteiger partial charge on any atom is -0.369 e. The minimum atomic E-state index is -0.459. The highest BCUT2D eigenvalue weighted by atomic mass is 19.1. The van der Waals surface area contributed by atoms with Gasteiger partial charge < -0.3 is 10.6 Å². The topological polar surface area (TPSA) is 53.0 Å². The zero-order chi connectivity index (χ0) is 11.5. The molecular formula is C12H14FN3. The van der Waals surface area contributed by atoms with Gasteiger partial charge >= 0.3 is 0 Å². The molecule has 16 heavy (non-hydrogen) atoms. The van der Waals surface area contributed by atoms with Crippen LogP contribution >= 0.6 is 0 Å². The predicted molar refractivity (Wildman–Crippen MR) is 60.5 cm³/mol. The van der Waals surface area contributed by atoms with Gasteiger partial charge in [-0.1, -0.05) is 6.07 Å². The van der Waals surface area contributed by atoms with Crippen LogP contribution in [0.1, 0.15) is 18.4 Å². The molecule has 2 N–H and O–H groups in total. The average molecular weight is 219 g/mol. The fraction of sp³-hybridized carbons (Fsp3) is 0.417. The maximum Gasteiger partial charge on any atom is 0.143 e. The third kappa shape index (κ3) is 2.00. The van der Waals surface area contributed by atoms with E-state index in [1.807, 2.05) is 11.0 Å².